The first-order chi connectivity index (χ1) is 12.1. The molecule has 2 aromatic heterocycles. The minimum atomic E-state index is -3.79. The molecule has 3 heterocycles. The van der Waals surface area contributed by atoms with Gasteiger partial charge < -0.3 is 9.73 Å². The molecule has 6 heteroatoms. The summed E-state index contributed by atoms with van der Waals surface area (Å²) in [5.41, 5.74) is 3.46. The van der Waals surface area contributed by atoms with Gasteiger partial charge in [-0.15, -0.1) is 0 Å². The summed E-state index contributed by atoms with van der Waals surface area (Å²) < 4.78 is 33.4. The van der Waals surface area contributed by atoms with Crippen LogP contribution in [-0.4, -0.2) is 18.9 Å². The Morgan fingerprint density at radius 3 is 2.80 bits per heavy atom. The Hall–Kier alpha value is -2.57. The fraction of sp³-hybridized carbons (Fsp3) is 0.158. The predicted molar refractivity (Wildman–Crippen MR) is 96.1 cm³/mol. The van der Waals surface area contributed by atoms with Gasteiger partial charge in [0.25, 0.3) is 0 Å². The Labute approximate surface area is 144 Å². The second kappa shape index (κ2) is 5.21. The molecule has 0 bridgehead atoms. The number of para-hydroxylation sites is 1. The third-order valence-corrected chi connectivity index (χ3v) is 6.29. The van der Waals surface area contributed by atoms with Gasteiger partial charge in [-0.25, -0.2) is 3.97 Å². The van der Waals surface area contributed by atoms with Crippen LogP contribution in [0.5, 0.6) is 0 Å². The minimum absolute atomic E-state index is 0.0299. The van der Waals surface area contributed by atoms with E-state index in [2.05, 4.69) is 5.32 Å². The lowest BCUT2D eigenvalue weighted by atomic mass is 10.1. The van der Waals surface area contributed by atoms with Crippen molar-refractivity contribution >= 4 is 31.9 Å². The molecular weight excluding hydrogens is 336 g/mol. The van der Waals surface area contributed by atoms with Crippen LogP contribution in [0.2, 0.25) is 0 Å². The average molecular weight is 352 g/mol. The topological polar surface area (TPSA) is 64.2 Å². The van der Waals surface area contributed by atoms with Crippen molar-refractivity contribution < 1.29 is 12.8 Å². The van der Waals surface area contributed by atoms with Crippen LogP contribution in [0.3, 0.4) is 0 Å². The SMILES string of the molecule is O=S(=O)(c1cc2ccccc2o1)n1cc2c3c(cccc31)CNCC2. The fourth-order valence-electron chi connectivity index (χ4n) is 3.58. The molecule has 1 N–H and O–H groups in total. The van der Waals surface area contributed by atoms with E-state index in [1.165, 1.54) is 3.97 Å². The van der Waals surface area contributed by atoms with E-state index in [1.54, 1.807) is 18.3 Å². The van der Waals surface area contributed by atoms with Gasteiger partial charge in [0.15, 0.2) is 0 Å². The summed E-state index contributed by atoms with van der Waals surface area (Å²) in [5.74, 6) is 0. The summed E-state index contributed by atoms with van der Waals surface area (Å²) >= 11 is 0. The molecule has 0 spiro atoms. The lowest BCUT2D eigenvalue weighted by Gasteiger charge is -2.06. The highest BCUT2D eigenvalue weighted by Crippen LogP contribution is 2.32. The first-order valence-electron chi connectivity index (χ1n) is 8.21. The number of fused-ring (bicyclic) bond motifs is 1. The molecule has 0 aliphatic carbocycles. The number of nitrogens with one attached hydrogen (secondary N) is 1. The molecule has 0 amide bonds. The van der Waals surface area contributed by atoms with E-state index in [4.69, 9.17) is 4.42 Å². The van der Waals surface area contributed by atoms with Gasteiger partial charge in [-0.3, -0.25) is 0 Å². The van der Waals surface area contributed by atoms with Crippen LogP contribution in [0, 0.1) is 0 Å². The molecule has 0 saturated heterocycles. The number of furan rings is 1. The highest BCUT2D eigenvalue weighted by Gasteiger charge is 2.26. The Balaban J connectivity index is 1.77. The molecule has 0 saturated carbocycles. The fourth-order valence-corrected chi connectivity index (χ4v) is 4.92. The number of hydrogen-bond acceptors (Lipinski definition) is 4. The average Bonchev–Trinajstić information content (AvgIpc) is 3.15. The molecule has 4 aromatic rings. The Morgan fingerprint density at radius 2 is 1.92 bits per heavy atom. The van der Waals surface area contributed by atoms with E-state index in [-0.39, 0.29) is 5.09 Å². The quantitative estimate of drug-likeness (QED) is 0.601. The van der Waals surface area contributed by atoms with Crippen molar-refractivity contribution in [3.8, 4) is 0 Å². The Morgan fingerprint density at radius 1 is 1.04 bits per heavy atom. The molecule has 0 radical (unpaired) electrons. The van der Waals surface area contributed by atoms with Crippen LogP contribution >= 0.6 is 0 Å². The van der Waals surface area contributed by atoms with Crippen molar-refractivity contribution in [2.24, 2.45) is 0 Å². The summed E-state index contributed by atoms with van der Waals surface area (Å²) in [4.78, 5) is 0. The maximum atomic E-state index is 13.2. The van der Waals surface area contributed by atoms with Crippen LogP contribution in [0.4, 0.5) is 0 Å². The predicted octanol–water partition coefficient (Wildman–Crippen LogP) is 3.27. The molecule has 126 valence electrons. The second-order valence-corrected chi connectivity index (χ2v) is 8.04. The maximum Gasteiger partial charge on any atom is 0.301 e. The number of rotatable bonds is 2. The summed E-state index contributed by atoms with van der Waals surface area (Å²) in [6, 6.07) is 14.7. The molecule has 0 fully saturated rings. The number of aromatic nitrogens is 1. The molecule has 0 atom stereocenters. The first-order valence-corrected chi connectivity index (χ1v) is 9.65. The summed E-state index contributed by atoms with van der Waals surface area (Å²) in [6.45, 7) is 1.58. The van der Waals surface area contributed by atoms with Crippen molar-refractivity contribution in [1.82, 2.24) is 9.29 Å². The molecule has 0 unspecified atom stereocenters. The van der Waals surface area contributed by atoms with Gasteiger partial charge in [-0.2, -0.15) is 8.42 Å². The second-order valence-electron chi connectivity index (χ2n) is 6.30. The zero-order valence-electron chi connectivity index (χ0n) is 13.4. The standard InChI is InChI=1S/C19H16N2O3S/c22-25(23,18-10-13-4-1-2-7-17(13)24-18)21-12-15-8-9-20-11-14-5-3-6-16(21)19(14)15/h1-7,10,12,20H,8-9,11H2. The van der Waals surface area contributed by atoms with Crippen LogP contribution in [-0.2, 0) is 23.0 Å². The smallest absolute Gasteiger partial charge is 0.301 e. The minimum Gasteiger partial charge on any atom is -0.443 e. The molecule has 5 rings (SSSR count). The van der Waals surface area contributed by atoms with Gasteiger partial charge >= 0.3 is 10.0 Å². The van der Waals surface area contributed by atoms with E-state index < -0.39 is 10.0 Å². The summed E-state index contributed by atoms with van der Waals surface area (Å²) in [7, 11) is -3.79. The normalized spacial score (nSPS) is 14.9. The van der Waals surface area contributed by atoms with E-state index in [0.717, 1.165) is 41.4 Å². The van der Waals surface area contributed by atoms with Crippen LogP contribution in [0.15, 0.2) is 64.2 Å². The van der Waals surface area contributed by atoms with Crippen molar-refractivity contribution in [2.75, 3.05) is 6.54 Å². The molecule has 2 aromatic carbocycles. The van der Waals surface area contributed by atoms with E-state index >= 15 is 0 Å². The summed E-state index contributed by atoms with van der Waals surface area (Å²) in [6.07, 6.45) is 2.54. The molecule has 1 aliphatic heterocycles. The maximum absolute atomic E-state index is 13.2. The Bertz CT molecular complexity index is 1190. The van der Waals surface area contributed by atoms with Crippen LogP contribution < -0.4 is 5.32 Å². The van der Waals surface area contributed by atoms with Crippen molar-refractivity contribution in [3.05, 3.63) is 65.9 Å². The Kier molecular flexibility index (Phi) is 3.07. The van der Waals surface area contributed by atoms with Gasteiger partial charge in [0, 0.05) is 29.6 Å². The molecular formula is C19H16N2O3S. The van der Waals surface area contributed by atoms with Crippen molar-refractivity contribution in [2.45, 2.75) is 18.1 Å². The van der Waals surface area contributed by atoms with Gasteiger partial charge in [0.2, 0.25) is 5.09 Å². The van der Waals surface area contributed by atoms with Gasteiger partial charge in [0.1, 0.15) is 5.58 Å². The van der Waals surface area contributed by atoms with Gasteiger partial charge in [-0.05, 0) is 36.2 Å². The van der Waals surface area contributed by atoms with E-state index in [1.807, 2.05) is 36.4 Å². The van der Waals surface area contributed by atoms with Gasteiger partial charge in [-0.1, -0.05) is 30.3 Å². The van der Waals surface area contributed by atoms with Crippen molar-refractivity contribution in [1.29, 1.82) is 0 Å². The van der Waals surface area contributed by atoms with Crippen LogP contribution in [0.1, 0.15) is 11.1 Å². The zero-order valence-corrected chi connectivity index (χ0v) is 14.2. The lowest BCUT2D eigenvalue weighted by Crippen LogP contribution is -2.15. The monoisotopic (exact) mass is 352 g/mol. The third kappa shape index (κ3) is 2.14. The first kappa shape index (κ1) is 14.7. The van der Waals surface area contributed by atoms with Gasteiger partial charge in [0.05, 0.1) is 5.52 Å². The number of nitrogens with zero attached hydrogens (tertiary/aromatic N) is 1. The van der Waals surface area contributed by atoms with Crippen LogP contribution in [0.25, 0.3) is 21.9 Å². The van der Waals surface area contributed by atoms with E-state index in [0.29, 0.717) is 11.1 Å². The third-order valence-electron chi connectivity index (χ3n) is 4.76. The highest BCUT2D eigenvalue weighted by atomic mass is 32.2. The number of hydrogen-bond donors (Lipinski definition) is 1. The zero-order chi connectivity index (χ0) is 17.0. The summed E-state index contributed by atoms with van der Waals surface area (Å²) in [5, 5.41) is 5.16. The van der Waals surface area contributed by atoms with Crippen molar-refractivity contribution in [3.63, 3.8) is 0 Å². The number of benzene rings is 2. The highest BCUT2D eigenvalue weighted by molar-refractivity contribution is 7.90. The molecule has 25 heavy (non-hydrogen) atoms. The molecule has 5 nitrogen and oxygen atoms in total. The molecule has 1 aliphatic rings. The van der Waals surface area contributed by atoms with E-state index in [9.17, 15) is 8.42 Å². The lowest BCUT2D eigenvalue weighted by molar-refractivity contribution is 0.478. The largest absolute Gasteiger partial charge is 0.443 e.